The molecular formula is C33H54N6. The maximum absolute atomic E-state index is 4.70. The number of anilines is 2. The fraction of sp³-hybridized carbons (Fsp3) is 0.636. The Morgan fingerprint density at radius 2 is 1.56 bits per heavy atom. The number of aromatic nitrogens is 2. The van der Waals surface area contributed by atoms with E-state index in [1.165, 1.54) is 68.3 Å². The van der Waals surface area contributed by atoms with Gasteiger partial charge in [0.25, 0.3) is 0 Å². The predicted octanol–water partition coefficient (Wildman–Crippen LogP) is 7.31. The molecule has 0 spiro atoms. The smallest absolute Gasteiger partial charge is 0.224 e. The lowest BCUT2D eigenvalue weighted by Gasteiger charge is -2.32. The van der Waals surface area contributed by atoms with Gasteiger partial charge in [-0.1, -0.05) is 96.1 Å². The number of hydrogen-bond acceptors (Lipinski definition) is 6. The Balaban J connectivity index is 0.000000457. The van der Waals surface area contributed by atoms with Gasteiger partial charge in [-0.3, -0.25) is 4.90 Å². The summed E-state index contributed by atoms with van der Waals surface area (Å²) in [5.74, 6) is 1.66. The highest BCUT2D eigenvalue weighted by Gasteiger charge is 2.17. The standard InChI is InChI=1S/C25H36N6.C6H12.C2H6/c1-3-4-11-27-25-28-18-23-22(10-12-26-24(23)29-25)17-20-6-5-7-21(9-8-20)19-31-15-13-30(2)14-16-31;1-2-4-6-5-3-1;1-2/h6-10,18H,3-5,11-17,19H2,1-2H3,(H2,26,27,28,29);1-6H2;1-2H3. The summed E-state index contributed by atoms with van der Waals surface area (Å²) < 4.78 is 0. The summed E-state index contributed by atoms with van der Waals surface area (Å²) in [4.78, 5) is 14.2. The highest BCUT2D eigenvalue weighted by atomic mass is 15.2. The molecule has 0 radical (unpaired) electrons. The van der Waals surface area contributed by atoms with Crippen LogP contribution in [0.2, 0.25) is 0 Å². The van der Waals surface area contributed by atoms with Crippen LogP contribution in [0, 0.1) is 0 Å². The lowest BCUT2D eigenvalue weighted by Crippen LogP contribution is -2.44. The fourth-order valence-corrected chi connectivity index (χ4v) is 5.27. The molecule has 2 aliphatic heterocycles. The quantitative estimate of drug-likeness (QED) is 0.341. The first-order valence-corrected chi connectivity index (χ1v) is 15.7. The zero-order valence-electron chi connectivity index (χ0n) is 25.3. The molecule has 6 heteroatoms. The van der Waals surface area contributed by atoms with Crippen molar-refractivity contribution in [1.29, 1.82) is 0 Å². The molecule has 5 rings (SSSR count). The van der Waals surface area contributed by atoms with Crippen molar-refractivity contribution in [3.05, 3.63) is 53.3 Å². The van der Waals surface area contributed by atoms with Crippen molar-refractivity contribution >= 4 is 17.3 Å². The molecule has 1 aromatic heterocycles. The second kappa shape index (κ2) is 18.0. The van der Waals surface area contributed by atoms with E-state index < -0.39 is 0 Å². The number of piperazine rings is 1. The van der Waals surface area contributed by atoms with Crippen LogP contribution in [0.3, 0.4) is 0 Å². The van der Waals surface area contributed by atoms with Crippen LogP contribution in [0.25, 0.3) is 5.57 Å². The van der Waals surface area contributed by atoms with E-state index in [1.807, 2.05) is 20.0 Å². The third-order valence-electron chi connectivity index (χ3n) is 7.73. The molecule has 216 valence electrons. The third kappa shape index (κ3) is 10.9. The summed E-state index contributed by atoms with van der Waals surface area (Å²) in [6.07, 6.45) is 26.8. The zero-order chi connectivity index (χ0) is 27.7. The van der Waals surface area contributed by atoms with Gasteiger partial charge in [-0.05, 0) is 43.0 Å². The first-order valence-electron chi connectivity index (χ1n) is 15.7. The van der Waals surface area contributed by atoms with Crippen LogP contribution in [0.5, 0.6) is 0 Å². The summed E-state index contributed by atoms with van der Waals surface area (Å²) >= 11 is 0. The van der Waals surface area contributed by atoms with Crippen molar-refractivity contribution < 1.29 is 0 Å². The minimum atomic E-state index is 0.715. The Labute approximate surface area is 238 Å². The van der Waals surface area contributed by atoms with Gasteiger partial charge in [0, 0.05) is 57.6 Å². The van der Waals surface area contributed by atoms with Gasteiger partial charge in [-0.15, -0.1) is 0 Å². The summed E-state index contributed by atoms with van der Waals surface area (Å²) in [7, 11) is 2.21. The van der Waals surface area contributed by atoms with Crippen molar-refractivity contribution in [3.63, 3.8) is 0 Å². The number of unbranched alkanes of at least 4 members (excludes halogenated alkanes) is 1. The number of allylic oxidation sites excluding steroid dienone is 5. The maximum Gasteiger partial charge on any atom is 0.224 e. The lowest BCUT2D eigenvalue weighted by molar-refractivity contribution is 0.164. The van der Waals surface area contributed by atoms with E-state index in [0.29, 0.717) is 5.95 Å². The molecule has 1 aromatic rings. The van der Waals surface area contributed by atoms with Crippen LogP contribution in [0.4, 0.5) is 11.8 Å². The number of rotatable bonds is 8. The minimum Gasteiger partial charge on any atom is -0.366 e. The molecular weight excluding hydrogens is 480 g/mol. The van der Waals surface area contributed by atoms with Gasteiger partial charge in [0.05, 0.1) is 0 Å². The number of hydrogen-bond donors (Lipinski definition) is 2. The van der Waals surface area contributed by atoms with Crippen LogP contribution >= 0.6 is 0 Å². The predicted molar refractivity (Wildman–Crippen MR) is 169 cm³/mol. The summed E-state index contributed by atoms with van der Waals surface area (Å²) in [5, 5.41) is 6.73. The average Bonchev–Trinajstić information content (AvgIpc) is 3.21. The van der Waals surface area contributed by atoms with Crippen molar-refractivity contribution in [1.82, 2.24) is 19.8 Å². The van der Waals surface area contributed by atoms with Crippen LogP contribution in [0.1, 0.15) is 90.5 Å². The molecule has 1 saturated heterocycles. The molecule has 2 fully saturated rings. The Kier molecular flexibility index (Phi) is 14.4. The topological polar surface area (TPSA) is 56.3 Å². The van der Waals surface area contributed by atoms with Crippen LogP contribution in [-0.4, -0.2) is 72.6 Å². The largest absolute Gasteiger partial charge is 0.366 e. The first-order chi connectivity index (χ1) is 19.2. The molecule has 0 amide bonds. The zero-order valence-corrected chi connectivity index (χ0v) is 25.3. The molecule has 39 heavy (non-hydrogen) atoms. The second-order valence-electron chi connectivity index (χ2n) is 10.9. The van der Waals surface area contributed by atoms with Gasteiger partial charge in [-0.2, -0.15) is 4.98 Å². The van der Waals surface area contributed by atoms with E-state index in [0.717, 1.165) is 69.8 Å². The molecule has 2 aliphatic carbocycles. The Morgan fingerprint density at radius 1 is 0.897 bits per heavy atom. The van der Waals surface area contributed by atoms with Crippen molar-refractivity contribution in [2.75, 3.05) is 63.5 Å². The van der Waals surface area contributed by atoms with Crippen LogP contribution in [-0.2, 0) is 0 Å². The van der Waals surface area contributed by atoms with Gasteiger partial charge in [0.15, 0.2) is 0 Å². The van der Waals surface area contributed by atoms with Gasteiger partial charge in [-0.25, -0.2) is 4.98 Å². The highest BCUT2D eigenvalue weighted by molar-refractivity contribution is 5.78. The molecule has 2 N–H and O–H groups in total. The van der Waals surface area contributed by atoms with Crippen LogP contribution < -0.4 is 10.6 Å². The van der Waals surface area contributed by atoms with Crippen LogP contribution in [0.15, 0.2) is 47.7 Å². The third-order valence-corrected chi connectivity index (χ3v) is 7.73. The number of nitrogens with zero attached hydrogens (tertiary/aromatic N) is 4. The maximum atomic E-state index is 4.70. The molecule has 0 unspecified atom stereocenters. The molecule has 0 bridgehead atoms. The summed E-state index contributed by atoms with van der Waals surface area (Å²) in [6.45, 7) is 13.6. The van der Waals surface area contributed by atoms with Crippen molar-refractivity contribution in [2.45, 2.75) is 85.0 Å². The van der Waals surface area contributed by atoms with Gasteiger partial charge in [0.1, 0.15) is 5.82 Å². The van der Waals surface area contributed by atoms with Gasteiger partial charge in [0.2, 0.25) is 5.95 Å². The van der Waals surface area contributed by atoms with E-state index in [9.17, 15) is 0 Å². The van der Waals surface area contributed by atoms with E-state index in [2.05, 4.69) is 69.8 Å². The first kappa shape index (κ1) is 31.1. The molecule has 0 atom stereocenters. The number of nitrogens with one attached hydrogen (secondary N) is 2. The van der Waals surface area contributed by atoms with E-state index >= 15 is 0 Å². The van der Waals surface area contributed by atoms with E-state index in [4.69, 9.17) is 4.98 Å². The normalized spacial score (nSPS) is 19.4. The highest BCUT2D eigenvalue weighted by Crippen LogP contribution is 2.31. The molecule has 4 aliphatic rings. The molecule has 1 saturated carbocycles. The molecule has 0 aromatic carbocycles. The van der Waals surface area contributed by atoms with Gasteiger partial charge >= 0.3 is 0 Å². The van der Waals surface area contributed by atoms with Gasteiger partial charge < -0.3 is 15.5 Å². The Morgan fingerprint density at radius 3 is 2.26 bits per heavy atom. The van der Waals surface area contributed by atoms with Crippen molar-refractivity contribution in [2.24, 2.45) is 0 Å². The molecule has 6 nitrogen and oxygen atoms in total. The van der Waals surface area contributed by atoms with Crippen molar-refractivity contribution in [3.8, 4) is 0 Å². The monoisotopic (exact) mass is 534 g/mol. The number of fused-ring (bicyclic) bond motifs is 1. The van der Waals surface area contributed by atoms with E-state index in [-0.39, 0.29) is 0 Å². The Bertz CT molecular complexity index is 953. The summed E-state index contributed by atoms with van der Waals surface area (Å²) in [5.41, 5.74) is 5.24. The molecule has 3 heterocycles. The SMILES string of the molecule is C1CCCCC1.CC.CCCCNc1ncc2c(n1)NCC=C2CC1=CCC=C(CN2CCN(C)CC2)C=C1. The average molecular weight is 535 g/mol. The second-order valence-corrected chi connectivity index (χ2v) is 10.9. The summed E-state index contributed by atoms with van der Waals surface area (Å²) in [6, 6.07) is 0. The lowest BCUT2D eigenvalue weighted by atomic mass is 9.96. The number of likely N-dealkylation sites (N-methyl/N-ethyl adjacent to an activating group) is 1. The minimum absolute atomic E-state index is 0.715. The Hall–Kier alpha value is -2.44. The fourth-order valence-electron chi connectivity index (χ4n) is 5.27. The van der Waals surface area contributed by atoms with E-state index in [1.54, 1.807) is 0 Å².